The maximum atomic E-state index is 12.6. The highest BCUT2D eigenvalue weighted by Crippen LogP contribution is 2.20. The zero-order valence-electron chi connectivity index (χ0n) is 62.6. The average molecular weight is 1290 g/mol. The number of nitrogens with one attached hydrogen (secondary N) is 1. The highest BCUT2D eigenvalue weighted by atomic mass is 16.5. The monoisotopic (exact) mass is 1290 g/mol. The lowest BCUT2D eigenvalue weighted by molar-refractivity contribution is -0.143. The minimum atomic E-state index is -0.845. The van der Waals surface area contributed by atoms with Crippen LogP contribution < -0.4 is 5.32 Å². The number of hydrogen-bond donors (Lipinski definition) is 3. The van der Waals surface area contributed by atoms with Gasteiger partial charge in [0.1, 0.15) is 0 Å². The van der Waals surface area contributed by atoms with Gasteiger partial charge in [0.2, 0.25) is 5.91 Å². The fourth-order valence-electron chi connectivity index (χ4n) is 13.5. The molecule has 6 nitrogen and oxygen atoms in total. The molecule has 0 spiro atoms. The number of aliphatic hydroxyl groups excluding tert-OH is 2. The van der Waals surface area contributed by atoms with Crippen LogP contribution in [-0.4, -0.2) is 47.4 Å². The molecule has 0 saturated heterocycles. The number of aliphatic hydroxyl groups is 2. The SMILES string of the molecule is CCCCCCCC/C=C\CCCCCCCCCCCC(=O)OCCCCCCCCCCCCCC/C=C\CCCCCCCCCCCCCCCCCC(=O)NC(CO)C(O)/C=C/CCCCCCCCCCCCCCCCCCCCCCCCC. The van der Waals surface area contributed by atoms with Crippen LogP contribution in [0, 0.1) is 0 Å². The molecule has 92 heavy (non-hydrogen) atoms. The number of carbonyl (C=O) groups excluding carboxylic acids is 2. The molecule has 0 radical (unpaired) electrons. The summed E-state index contributed by atoms with van der Waals surface area (Å²) in [6.45, 7) is 4.96. The maximum absolute atomic E-state index is 12.6. The molecular weight excluding hydrogens is 1130 g/mol. The topological polar surface area (TPSA) is 95.9 Å². The number of amides is 1. The van der Waals surface area contributed by atoms with Gasteiger partial charge in [0.15, 0.2) is 0 Å². The van der Waals surface area contributed by atoms with E-state index in [1.807, 2.05) is 6.08 Å². The minimum absolute atomic E-state index is 0.0180. The van der Waals surface area contributed by atoms with E-state index in [-0.39, 0.29) is 18.5 Å². The Morgan fingerprint density at radius 1 is 0.293 bits per heavy atom. The first-order valence-corrected chi connectivity index (χ1v) is 42.3. The van der Waals surface area contributed by atoms with E-state index < -0.39 is 12.1 Å². The summed E-state index contributed by atoms with van der Waals surface area (Å²) in [4.78, 5) is 24.7. The van der Waals surface area contributed by atoms with Gasteiger partial charge in [-0.15, -0.1) is 0 Å². The smallest absolute Gasteiger partial charge is 0.305 e. The van der Waals surface area contributed by atoms with E-state index in [0.29, 0.717) is 19.4 Å². The van der Waals surface area contributed by atoms with Crippen molar-refractivity contribution in [3.05, 3.63) is 36.5 Å². The second kappa shape index (κ2) is 81.5. The number of carbonyl (C=O) groups is 2. The van der Waals surface area contributed by atoms with Crippen LogP contribution in [0.1, 0.15) is 476 Å². The Kier molecular flexibility index (Phi) is 79.8. The fourth-order valence-corrected chi connectivity index (χ4v) is 13.5. The molecule has 3 N–H and O–H groups in total. The quantitative estimate of drug-likeness (QED) is 0.0320. The van der Waals surface area contributed by atoms with Crippen molar-refractivity contribution in [3.63, 3.8) is 0 Å². The summed E-state index contributed by atoms with van der Waals surface area (Å²) < 4.78 is 5.52. The number of allylic oxidation sites excluding steroid dienone is 5. The first-order valence-electron chi connectivity index (χ1n) is 42.3. The molecule has 6 heteroatoms. The molecule has 0 fully saturated rings. The molecule has 0 bridgehead atoms. The van der Waals surface area contributed by atoms with E-state index >= 15 is 0 Å². The largest absolute Gasteiger partial charge is 0.466 e. The molecule has 2 atom stereocenters. The zero-order chi connectivity index (χ0) is 66.3. The maximum Gasteiger partial charge on any atom is 0.305 e. The highest BCUT2D eigenvalue weighted by molar-refractivity contribution is 5.76. The summed E-state index contributed by atoms with van der Waals surface area (Å²) in [6.07, 6.45) is 107. The van der Waals surface area contributed by atoms with Gasteiger partial charge in [0.25, 0.3) is 0 Å². The molecule has 0 aromatic heterocycles. The number of esters is 1. The van der Waals surface area contributed by atoms with Crippen molar-refractivity contribution >= 4 is 11.9 Å². The van der Waals surface area contributed by atoms with E-state index in [9.17, 15) is 19.8 Å². The van der Waals surface area contributed by atoms with Gasteiger partial charge >= 0.3 is 5.97 Å². The van der Waals surface area contributed by atoms with Crippen LogP contribution in [0.25, 0.3) is 0 Å². The van der Waals surface area contributed by atoms with Gasteiger partial charge in [0.05, 0.1) is 25.4 Å². The number of ether oxygens (including phenoxy) is 1. The average Bonchev–Trinajstić information content (AvgIpc) is 3.60. The van der Waals surface area contributed by atoms with Crippen LogP contribution in [0.4, 0.5) is 0 Å². The third-order valence-electron chi connectivity index (χ3n) is 19.9. The lowest BCUT2D eigenvalue weighted by atomic mass is 10.0. The molecule has 544 valence electrons. The van der Waals surface area contributed by atoms with E-state index in [0.717, 1.165) is 38.5 Å². The van der Waals surface area contributed by atoms with E-state index in [1.165, 1.54) is 411 Å². The van der Waals surface area contributed by atoms with E-state index in [2.05, 4.69) is 43.5 Å². The molecule has 1 amide bonds. The zero-order valence-corrected chi connectivity index (χ0v) is 62.6. The Bertz CT molecular complexity index is 1490. The summed E-state index contributed by atoms with van der Waals surface area (Å²) in [5, 5.41) is 23.3. The Morgan fingerprint density at radius 2 is 0.511 bits per heavy atom. The van der Waals surface area contributed by atoms with Crippen LogP contribution in [0.2, 0.25) is 0 Å². The van der Waals surface area contributed by atoms with Crippen molar-refractivity contribution in [3.8, 4) is 0 Å². The van der Waals surface area contributed by atoms with Crippen LogP contribution in [0.5, 0.6) is 0 Å². The van der Waals surface area contributed by atoms with Gasteiger partial charge in [-0.1, -0.05) is 416 Å². The Balaban J connectivity index is 3.37. The molecule has 0 aliphatic heterocycles. The van der Waals surface area contributed by atoms with Crippen molar-refractivity contribution in [1.29, 1.82) is 0 Å². The third kappa shape index (κ3) is 77.1. The molecule has 0 saturated carbocycles. The molecule has 0 aliphatic carbocycles. The second-order valence-electron chi connectivity index (χ2n) is 29.2. The molecular formula is C86H165NO5. The highest BCUT2D eigenvalue weighted by Gasteiger charge is 2.18. The molecule has 0 aromatic carbocycles. The van der Waals surface area contributed by atoms with Crippen molar-refractivity contribution in [2.75, 3.05) is 13.2 Å². The fraction of sp³-hybridized carbons (Fsp3) is 0.907. The lowest BCUT2D eigenvalue weighted by Gasteiger charge is -2.20. The van der Waals surface area contributed by atoms with Gasteiger partial charge < -0.3 is 20.3 Å². The van der Waals surface area contributed by atoms with Crippen LogP contribution in [-0.2, 0) is 14.3 Å². The van der Waals surface area contributed by atoms with E-state index in [1.54, 1.807) is 6.08 Å². The third-order valence-corrected chi connectivity index (χ3v) is 19.9. The van der Waals surface area contributed by atoms with Crippen LogP contribution in [0.3, 0.4) is 0 Å². The number of unbranched alkanes of at least 4 members (excludes halogenated alkanes) is 65. The van der Waals surface area contributed by atoms with Gasteiger partial charge in [-0.3, -0.25) is 9.59 Å². The van der Waals surface area contributed by atoms with Crippen molar-refractivity contribution in [2.24, 2.45) is 0 Å². The summed E-state index contributed by atoms with van der Waals surface area (Å²) in [6, 6.07) is -0.628. The summed E-state index contributed by atoms with van der Waals surface area (Å²) in [5.41, 5.74) is 0. The van der Waals surface area contributed by atoms with Gasteiger partial charge in [-0.2, -0.15) is 0 Å². The number of hydrogen-bond acceptors (Lipinski definition) is 5. The summed E-state index contributed by atoms with van der Waals surface area (Å²) >= 11 is 0. The van der Waals surface area contributed by atoms with Crippen LogP contribution in [0.15, 0.2) is 36.5 Å². The molecule has 2 unspecified atom stereocenters. The predicted octanol–water partition coefficient (Wildman–Crippen LogP) is 28.2. The molecule has 0 aromatic rings. The summed E-state index contributed by atoms with van der Waals surface area (Å²) in [5.74, 6) is -0.0425. The standard InChI is InChI=1S/C86H165NO5/c1-3-5-7-9-11-13-15-17-19-21-23-24-25-33-36-39-43-46-50-54-58-62-66-70-74-78-84(89)83(82-88)87-85(90)79-75-71-67-63-59-55-51-47-44-40-37-34-31-29-27-26-28-30-32-35-38-41-45-49-53-57-61-65-69-73-77-81-92-86(91)80-76-72-68-64-60-56-52-48-42-22-20-18-16-14-12-10-8-6-4-2/h18,20,28,30,74,78,83-84,88-89H,3-17,19,21-27,29,31-73,75-77,79-82H2,1-2H3,(H,87,90)/b20-18-,30-28-,78-74+. The van der Waals surface area contributed by atoms with Crippen molar-refractivity contribution in [1.82, 2.24) is 5.32 Å². The van der Waals surface area contributed by atoms with Crippen LogP contribution >= 0.6 is 0 Å². The Morgan fingerprint density at radius 3 is 0.772 bits per heavy atom. The van der Waals surface area contributed by atoms with Crippen molar-refractivity contribution < 1.29 is 24.5 Å². The first-order chi connectivity index (χ1) is 45.5. The van der Waals surface area contributed by atoms with Gasteiger partial charge in [0, 0.05) is 12.8 Å². The lowest BCUT2D eigenvalue weighted by Crippen LogP contribution is -2.45. The molecule has 0 heterocycles. The molecule has 0 aliphatic rings. The van der Waals surface area contributed by atoms with Gasteiger partial charge in [-0.05, 0) is 83.5 Å². The first kappa shape index (κ1) is 90.1. The Labute approximate surface area is 576 Å². The summed E-state index contributed by atoms with van der Waals surface area (Å²) in [7, 11) is 0. The minimum Gasteiger partial charge on any atom is -0.466 e. The van der Waals surface area contributed by atoms with E-state index in [4.69, 9.17) is 4.74 Å². The Hall–Kier alpha value is -1.92. The van der Waals surface area contributed by atoms with Gasteiger partial charge in [-0.25, -0.2) is 0 Å². The second-order valence-corrected chi connectivity index (χ2v) is 29.2. The molecule has 0 rings (SSSR count). The van der Waals surface area contributed by atoms with Crippen molar-refractivity contribution in [2.45, 2.75) is 488 Å². The number of rotatable bonds is 80. The normalized spacial score (nSPS) is 12.6. The predicted molar refractivity (Wildman–Crippen MR) is 407 cm³/mol.